The molecular weight excluding hydrogens is 388 g/mol. The minimum absolute atomic E-state index is 0.103. The Morgan fingerprint density at radius 1 is 0.645 bits per heavy atom. The third-order valence-electron chi connectivity index (χ3n) is 5.63. The van der Waals surface area contributed by atoms with Crippen molar-refractivity contribution in [2.45, 2.75) is 52.4 Å². The molecule has 0 fully saturated rings. The van der Waals surface area contributed by atoms with E-state index in [1.807, 2.05) is 43.3 Å². The van der Waals surface area contributed by atoms with Crippen LogP contribution in [0.2, 0.25) is 0 Å². The number of ether oxygens (including phenoxy) is 1. The van der Waals surface area contributed by atoms with Gasteiger partial charge in [0.2, 0.25) is 0 Å². The quantitative estimate of drug-likeness (QED) is 0.375. The topological polar surface area (TPSA) is 69.9 Å². The number of aromatic hydroxyl groups is 3. The monoisotopic (exact) mass is 420 g/mol. The van der Waals surface area contributed by atoms with E-state index in [1.165, 1.54) is 0 Å². The fourth-order valence-corrected chi connectivity index (χ4v) is 3.99. The van der Waals surface area contributed by atoms with Crippen LogP contribution in [0, 0.1) is 0 Å². The summed E-state index contributed by atoms with van der Waals surface area (Å²) in [5.41, 5.74) is 4.77. The van der Waals surface area contributed by atoms with Gasteiger partial charge >= 0.3 is 0 Å². The van der Waals surface area contributed by atoms with Crippen LogP contribution < -0.4 is 4.74 Å². The lowest BCUT2D eigenvalue weighted by molar-refractivity contribution is 0.317. The Balaban J connectivity index is 2.24. The fourth-order valence-electron chi connectivity index (χ4n) is 3.99. The summed E-state index contributed by atoms with van der Waals surface area (Å²) in [6, 6.07) is 16.8. The summed E-state index contributed by atoms with van der Waals surface area (Å²) in [5, 5.41) is 30.9. The lowest BCUT2D eigenvalue weighted by Crippen LogP contribution is -2.06. The van der Waals surface area contributed by atoms with Gasteiger partial charge in [-0.25, -0.2) is 0 Å². The van der Waals surface area contributed by atoms with E-state index in [2.05, 4.69) is 27.7 Å². The SMILES string of the molecule is CCOc1cc(C(c2ccc(O)c(C(C)C)c2)c2ccc(O)c(C(C)C)c2)ccc1O. The molecule has 0 unspecified atom stereocenters. The highest BCUT2D eigenvalue weighted by atomic mass is 16.5. The van der Waals surface area contributed by atoms with Crippen LogP contribution in [-0.2, 0) is 0 Å². The fraction of sp³-hybridized carbons (Fsp3) is 0.333. The van der Waals surface area contributed by atoms with E-state index in [-0.39, 0.29) is 35.0 Å². The van der Waals surface area contributed by atoms with Crippen molar-refractivity contribution in [2.75, 3.05) is 6.61 Å². The van der Waals surface area contributed by atoms with Gasteiger partial charge in [-0.3, -0.25) is 0 Å². The summed E-state index contributed by atoms with van der Waals surface area (Å²) in [7, 11) is 0. The lowest BCUT2D eigenvalue weighted by Gasteiger charge is -2.23. The van der Waals surface area contributed by atoms with Crippen LogP contribution in [0.1, 0.15) is 80.2 Å². The van der Waals surface area contributed by atoms with Crippen molar-refractivity contribution in [1.29, 1.82) is 0 Å². The molecule has 0 amide bonds. The normalized spacial score (nSPS) is 11.5. The Hall–Kier alpha value is -3.14. The predicted molar refractivity (Wildman–Crippen MR) is 125 cm³/mol. The summed E-state index contributed by atoms with van der Waals surface area (Å²) in [4.78, 5) is 0. The second kappa shape index (κ2) is 9.34. The first-order chi connectivity index (χ1) is 14.7. The van der Waals surface area contributed by atoms with Gasteiger partial charge in [0.1, 0.15) is 11.5 Å². The maximum absolute atomic E-state index is 10.3. The van der Waals surface area contributed by atoms with Gasteiger partial charge in [-0.15, -0.1) is 0 Å². The number of benzene rings is 3. The molecule has 0 heterocycles. The van der Waals surface area contributed by atoms with Gasteiger partial charge in [-0.1, -0.05) is 58.0 Å². The summed E-state index contributed by atoms with van der Waals surface area (Å²) >= 11 is 0. The molecule has 0 spiro atoms. The molecule has 0 bridgehead atoms. The van der Waals surface area contributed by atoms with E-state index < -0.39 is 0 Å². The van der Waals surface area contributed by atoms with Crippen molar-refractivity contribution >= 4 is 0 Å². The molecule has 3 N–H and O–H groups in total. The van der Waals surface area contributed by atoms with Crippen molar-refractivity contribution in [3.05, 3.63) is 82.4 Å². The molecule has 164 valence electrons. The zero-order chi connectivity index (χ0) is 22.7. The molecule has 4 heteroatoms. The zero-order valence-electron chi connectivity index (χ0n) is 18.9. The molecule has 31 heavy (non-hydrogen) atoms. The van der Waals surface area contributed by atoms with E-state index in [1.54, 1.807) is 18.2 Å². The first-order valence-corrected chi connectivity index (χ1v) is 10.8. The average Bonchev–Trinajstić information content (AvgIpc) is 2.72. The molecule has 0 aliphatic rings. The van der Waals surface area contributed by atoms with Crippen molar-refractivity contribution < 1.29 is 20.1 Å². The summed E-state index contributed by atoms with van der Waals surface area (Å²) in [5.74, 6) is 1.30. The molecule has 0 saturated heterocycles. The molecule has 0 saturated carbocycles. The number of hydrogen-bond donors (Lipinski definition) is 3. The predicted octanol–water partition coefficient (Wildman–Crippen LogP) is 6.63. The van der Waals surface area contributed by atoms with Crippen LogP contribution in [0.5, 0.6) is 23.0 Å². The van der Waals surface area contributed by atoms with Crippen LogP contribution in [0.25, 0.3) is 0 Å². The molecule has 0 radical (unpaired) electrons. The van der Waals surface area contributed by atoms with E-state index >= 15 is 0 Å². The van der Waals surface area contributed by atoms with Crippen molar-refractivity contribution in [1.82, 2.24) is 0 Å². The largest absolute Gasteiger partial charge is 0.508 e. The van der Waals surface area contributed by atoms with Gasteiger partial charge < -0.3 is 20.1 Å². The van der Waals surface area contributed by atoms with Gasteiger partial charge in [-0.05, 0) is 70.8 Å². The summed E-state index contributed by atoms with van der Waals surface area (Å²) < 4.78 is 5.63. The number of phenols is 3. The summed E-state index contributed by atoms with van der Waals surface area (Å²) in [6.45, 7) is 10.6. The van der Waals surface area contributed by atoms with Crippen LogP contribution in [0.15, 0.2) is 54.6 Å². The Kier molecular flexibility index (Phi) is 6.79. The minimum Gasteiger partial charge on any atom is -0.508 e. The van der Waals surface area contributed by atoms with Crippen molar-refractivity contribution in [3.8, 4) is 23.0 Å². The van der Waals surface area contributed by atoms with Crippen molar-refractivity contribution in [3.63, 3.8) is 0 Å². The highest BCUT2D eigenvalue weighted by molar-refractivity contribution is 5.53. The van der Waals surface area contributed by atoms with Crippen LogP contribution in [0.3, 0.4) is 0 Å². The van der Waals surface area contributed by atoms with Crippen LogP contribution >= 0.6 is 0 Å². The third kappa shape index (κ3) is 4.79. The molecule has 3 aromatic carbocycles. The Morgan fingerprint density at radius 2 is 1.06 bits per heavy atom. The van der Waals surface area contributed by atoms with Gasteiger partial charge in [0, 0.05) is 5.92 Å². The maximum Gasteiger partial charge on any atom is 0.161 e. The zero-order valence-corrected chi connectivity index (χ0v) is 18.9. The molecule has 0 aliphatic carbocycles. The average molecular weight is 421 g/mol. The van der Waals surface area contributed by atoms with E-state index in [9.17, 15) is 15.3 Å². The lowest BCUT2D eigenvalue weighted by atomic mass is 9.82. The number of hydrogen-bond acceptors (Lipinski definition) is 4. The Labute approximate surface area is 184 Å². The molecule has 3 aromatic rings. The first-order valence-electron chi connectivity index (χ1n) is 10.8. The second-order valence-electron chi connectivity index (χ2n) is 8.54. The van der Waals surface area contributed by atoms with E-state index in [4.69, 9.17) is 4.74 Å². The maximum atomic E-state index is 10.3. The van der Waals surface area contributed by atoms with Crippen LogP contribution in [-0.4, -0.2) is 21.9 Å². The first kappa shape index (κ1) is 22.5. The third-order valence-corrected chi connectivity index (χ3v) is 5.63. The molecule has 0 aliphatic heterocycles. The number of phenolic OH excluding ortho intramolecular Hbond substituents is 3. The smallest absolute Gasteiger partial charge is 0.161 e. The van der Waals surface area contributed by atoms with Crippen LogP contribution in [0.4, 0.5) is 0 Å². The van der Waals surface area contributed by atoms with Crippen molar-refractivity contribution in [2.24, 2.45) is 0 Å². The Morgan fingerprint density at radius 3 is 1.48 bits per heavy atom. The van der Waals surface area contributed by atoms with Gasteiger partial charge in [0.25, 0.3) is 0 Å². The molecule has 0 aromatic heterocycles. The molecule has 4 nitrogen and oxygen atoms in total. The van der Waals surface area contributed by atoms with Gasteiger partial charge in [0.15, 0.2) is 11.5 Å². The second-order valence-corrected chi connectivity index (χ2v) is 8.54. The standard InChI is InChI=1S/C27H32O4/c1-6-31-26-15-20(9-12-25(26)30)27(18-7-10-23(28)21(13-18)16(2)3)19-8-11-24(29)22(14-19)17(4)5/h7-17,27-30H,6H2,1-5H3. The number of rotatable bonds is 7. The summed E-state index contributed by atoms with van der Waals surface area (Å²) in [6.07, 6.45) is 0. The highest BCUT2D eigenvalue weighted by Crippen LogP contribution is 2.40. The minimum atomic E-state index is -0.156. The van der Waals surface area contributed by atoms with E-state index in [0.717, 1.165) is 27.8 Å². The highest BCUT2D eigenvalue weighted by Gasteiger charge is 2.22. The molecule has 0 atom stereocenters. The molecule has 3 rings (SSSR count). The van der Waals surface area contributed by atoms with Gasteiger partial charge in [-0.2, -0.15) is 0 Å². The molecular formula is C27H32O4. The van der Waals surface area contributed by atoms with E-state index in [0.29, 0.717) is 12.4 Å². The van der Waals surface area contributed by atoms with Gasteiger partial charge in [0.05, 0.1) is 6.61 Å². The Bertz CT molecular complexity index is 996.